The Morgan fingerprint density at radius 2 is 2.07 bits per heavy atom. The number of benzene rings is 1. The zero-order valence-corrected chi connectivity index (χ0v) is 18.1. The summed E-state index contributed by atoms with van der Waals surface area (Å²) in [6, 6.07) is 7.97. The normalized spacial score (nSPS) is 15.8. The molecule has 2 heterocycles. The molecule has 1 amide bonds. The number of hydrogen-bond donors (Lipinski definition) is 1. The Morgan fingerprint density at radius 1 is 1.33 bits per heavy atom. The number of carbonyl (C=O) groups is 1. The number of nitrogens with zero attached hydrogens (tertiary/aromatic N) is 2. The topological polar surface area (TPSA) is 54.5 Å². The molecule has 0 saturated carbocycles. The predicted molar refractivity (Wildman–Crippen MR) is 114 cm³/mol. The molecule has 150 valence electrons. The number of amides is 1. The third-order valence-electron chi connectivity index (χ3n) is 4.45. The van der Waals surface area contributed by atoms with E-state index in [-0.39, 0.29) is 30.7 Å². The molecule has 0 spiro atoms. The number of ether oxygens (including phenoxy) is 1. The first kappa shape index (κ1) is 23.7. The minimum Gasteiger partial charge on any atom is -0.486 e. The summed E-state index contributed by atoms with van der Waals surface area (Å²) in [6.45, 7) is 5.18. The van der Waals surface area contributed by atoms with Gasteiger partial charge >= 0.3 is 0 Å². The molecular formula is C19H27Cl2N3O2S. The van der Waals surface area contributed by atoms with Gasteiger partial charge in [-0.1, -0.05) is 17.7 Å². The fraction of sp³-hybridized carbons (Fsp3) is 0.474. The Balaban J connectivity index is 0.00000182. The number of likely N-dealkylation sites (tertiary alicyclic amines) is 1. The zero-order valence-electron chi connectivity index (χ0n) is 15.6. The molecule has 1 atom stereocenters. The van der Waals surface area contributed by atoms with Gasteiger partial charge in [0.2, 0.25) is 5.91 Å². The molecule has 1 aromatic carbocycles. The van der Waals surface area contributed by atoms with E-state index in [1.807, 2.05) is 41.6 Å². The lowest BCUT2D eigenvalue weighted by atomic mass is 10.1. The molecule has 5 nitrogen and oxygen atoms in total. The highest BCUT2D eigenvalue weighted by atomic mass is 35.5. The highest BCUT2D eigenvalue weighted by molar-refractivity contribution is 7.09. The van der Waals surface area contributed by atoms with E-state index in [0.29, 0.717) is 18.9 Å². The maximum Gasteiger partial charge on any atom is 0.228 e. The monoisotopic (exact) mass is 431 g/mol. The first-order valence-electron chi connectivity index (χ1n) is 8.69. The first-order chi connectivity index (χ1) is 12.1. The van der Waals surface area contributed by atoms with Crippen LogP contribution >= 0.6 is 36.2 Å². The molecule has 1 unspecified atom stereocenters. The molecule has 8 heteroatoms. The highest BCUT2D eigenvalue weighted by Gasteiger charge is 2.26. The molecule has 1 N–H and O–H groups in total. The average Bonchev–Trinajstić information content (AvgIpc) is 3.24. The van der Waals surface area contributed by atoms with Crippen LogP contribution in [0.1, 0.15) is 22.7 Å². The van der Waals surface area contributed by atoms with Crippen molar-refractivity contribution < 1.29 is 9.53 Å². The van der Waals surface area contributed by atoms with Crippen molar-refractivity contribution in [3.8, 4) is 5.75 Å². The van der Waals surface area contributed by atoms with Crippen LogP contribution in [0.2, 0.25) is 0 Å². The molecule has 1 fully saturated rings. The van der Waals surface area contributed by atoms with Gasteiger partial charge in [0.15, 0.2) is 0 Å². The van der Waals surface area contributed by atoms with Crippen molar-refractivity contribution in [2.24, 2.45) is 5.92 Å². The van der Waals surface area contributed by atoms with Crippen molar-refractivity contribution in [1.82, 2.24) is 15.2 Å². The van der Waals surface area contributed by atoms with Crippen LogP contribution in [0.15, 0.2) is 29.6 Å². The lowest BCUT2D eigenvalue weighted by Crippen LogP contribution is -2.31. The summed E-state index contributed by atoms with van der Waals surface area (Å²) in [6.07, 6.45) is 1.46. The number of nitrogens with one attached hydrogen (secondary N) is 1. The summed E-state index contributed by atoms with van der Waals surface area (Å²) in [5.74, 6) is 1.59. The molecule has 1 saturated heterocycles. The Labute approximate surface area is 177 Å². The van der Waals surface area contributed by atoms with Crippen LogP contribution < -0.4 is 10.1 Å². The number of halogens is 2. The van der Waals surface area contributed by atoms with E-state index in [1.54, 1.807) is 11.3 Å². The lowest BCUT2D eigenvalue weighted by molar-refractivity contribution is -0.129. The maximum atomic E-state index is 12.4. The molecule has 3 rings (SSSR count). The molecule has 0 aliphatic carbocycles. The van der Waals surface area contributed by atoms with Crippen LogP contribution in [-0.2, 0) is 17.8 Å². The second-order valence-corrected chi connectivity index (χ2v) is 7.51. The summed E-state index contributed by atoms with van der Waals surface area (Å²) < 4.78 is 5.75. The smallest absolute Gasteiger partial charge is 0.228 e. The molecule has 2 aromatic rings. The van der Waals surface area contributed by atoms with Gasteiger partial charge in [-0.2, -0.15) is 0 Å². The number of carbonyl (C=O) groups excluding carboxylic acids is 1. The Bertz CT molecular complexity index is 709. The second-order valence-electron chi connectivity index (χ2n) is 6.56. The van der Waals surface area contributed by atoms with Crippen LogP contribution in [0.3, 0.4) is 0 Å². The van der Waals surface area contributed by atoms with Crippen LogP contribution in [-0.4, -0.2) is 42.5 Å². The average molecular weight is 432 g/mol. The fourth-order valence-electron chi connectivity index (χ4n) is 3.06. The third-order valence-corrected chi connectivity index (χ3v) is 5.32. The molecular weight excluding hydrogens is 405 g/mol. The van der Waals surface area contributed by atoms with E-state index in [2.05, 4.69) is 17.2 Å². The zero-order chi connectivity index (χ0) is 17.6. The van der Waals surface area contributed by atoms with Crippen molar-refractivity contribution in [1.29, 1.82) is 0 Å². The van der Waals surface area contributed by atoms with Gasteiger partial charge in [0.25, 0.3) is 0 Å². The standard InChI is InChI=1S/C19H25N3O2S.2ClH/c1-14-3-5-17(6-4-14)24-12-18-21-16(13-25-18)9-19(23)22-8-7-15(11-22)10-20-2;;/h3-6,13,15,20H,7-12H2,1-2H3;2*1H. The van der Waals surface area contributed by atoms with Crippen molar-refractivity contribution in [2.45, 2.75) is 26.4 Å². The van der Waals surface area contributed by atoms with Crippen LogP contribution in [0.25, 0.3) is 0 Å². The number of hydrogen-bond acceptors (Lipinski definition) is 5. The highest BCUT2D eigenvalue weighted by Crippen LogP contribution is 2.19. The van der Waals surface area contributed by atoms with E-state index in [9.17, 15) is 4.79 Å². The van der Waals surface area contributed by atoms with Crippen LogP contribution in [0.5, 0.6) is 5.75 Å². The summed E-state index contributed by atoms with van der Waals surface area (Å²) >= 11 is 1.55. The molecule has 1 aliphatic heterocycles. The second kappa shape index (κ2) is 11.5. The van der Waals surface area contributed by atoms with Crippen molar-refractivity contribution in [2.75, 3.05) is 26.7 Å². The molecule has 27 heavy (non-hydrogen) atoms. The fourth-order valence-corrected chi connectivity index (χ4v) is 3.76. The molecule has 0 bridgehead atoms. The minimum atomic E-state index is 0. The Hall–Kier alpha value is -1.34. The van der Waals surface area contributed by atoms with Gasteiger partial charge in [-0.3, -0.25) is 4.79 Å². The van der Waals surface area contributed by atoms with E-state index in [4.69, 9.17) is 4.74 Å². The van der Waals surface area contributed by atoms with Crippen LogP contribution in [0.4, 0.5) is 0 Å². The largest absolute Gasteiger partial charge is 0.486 e. The predicted octanol–water partition coefficient (Wildman–Crippen LogP) is 3.48. The Morgan fingerprint density at radius 3 is 2.78 bits per heavy atom. The minimum absolute atomic E-state index is 0. The summed E-state index contributed by atoms with van der Waals surface area (Å²) in [5, 5.41) is 6.06. The Kier molecular flexibility index (Phi) is 10.1. The van der Waals surface area contributed by atoms with Crippen molar-refractivity contribution >= 4 is 42.1 Å². The SMILES string of the molecule is CNCC1CCN(C(=O)Cc2csc(COc3ccc(C)cc3)n2)C1.Cl.Cl. The molecule has 1 aliphatic rings. The first-order valence-corrected chi connectivity index (χ1v) is 9.57. The van der Waals surface area contributed by atoms with E-state index >= 15 is 0 Å². The summed E-state index contributed by atoms with van der Waals surface area (Å²) in [5.41, 5.74) is 2.05. The van der Waals surface area contributed by atoms with Crippen molar-refractivity contribution in [3.05, 3.63) is 45.9 Å². The quantitative estimate of drug-likeness (QED) is 0.728. The van der Waals surface area contributed by atoms with Gasteiger partial charge < -0.3 is 15.0 Å². The molecule has 0 radical (unpaired) electrons. The van der Waals surface area contributed by atoms with Crippen molar-refractivity contribution in [3.63, 3.8) is 0 Å². The van der Waals surface area contributed by atoms with Gasteiger partial charge in [-0.05, 0) is 45.0 Å². The van der Waals surface area contributed by atoms with Gasteiger partial charge in [0.05, 0.1) is 12.1 Å². The van der Waals surface area contributed by atoms with E-state index < -0.39 is 0 Å². The van der Waals surface area contributed by atoms with E-state index in [0.717, 1.165) is 42.5 Å². The molecule has 1 aromatic heterocycles. The summed E-state index contributed by atoms with van der Waals surface area (Å²) in [7, 11) is 1.96. The van der Waals surface area contributed by atoms with Crippen LogP contribution in [0, 0.1) is 12.8 Å². The number of aryl methyl sites for hydroxylation is 1. The number of thiazole rings is 1. The summed E-state index contributed by atoms with van der Waals surface area (Å²) in [4.78, 5) is 18.9. The maximum absolute atomic E-state index is 12.4. The van der Waals surface area contributed by atoms with E-state index in [1.165, 1.54) is 5.56 Å². The van der Waals surface area contributed by atoms with Gasteiger partial charge in [0.1, 0.15) is 17.4 Å². The van der Waals surface area contributed by atoms with Gasteiger partial charge in [0, 0.05) is 18.5 Å². The van der Waals surface area contributed by atoms with Gasteiger partial charge in [-0.15, -0.1) is 36.2 Å². The third kappa shape index (κ3) is 6.96. The van der Waals surface area contributed by atoms with Gasteiger partial charge in [-0.25, -0.2) is 4.98 Å². The lowest BCUT2D eigenvalue weighted by Gasteiger charge is -2.15. The number of rotatable bonds is 7. The number of aromatic nitrogens is 1.